The van der Waals surface area contributed by atoms with Crippen molar-refractivity contribution in [2.75, 3.05) is 20.2 Å². The van der Waals surface area contributed by atoms with Crippen LogP contribution in [-0.4, -0.2) is 32.2 Å². The molecule has 0 aromatic heterocycles. The zero-order valence-electron chi connectivity index (χ0n) is 14.9. The van der Waals surface area contributed by atoms with Crippen molar-refractivity contribution in [2.45, 2.75) is 71.1 Å². The lowest BCUT2D eigenvalue weighted by atomic mass is 10.1. The van der Waals surface area contributed by atoms with Gasteiger partial charge in [-0.25, -0.2) is 4.79 Å². The van der Waals surface area contributed by atoms with E-state index in [-0.39, 0.29) is 12.5 Å². The number of carbonyl (C=O) groups is 2. The molecule has 0 saturated carbocycles. The van der Waals surface area contributed by atoms with E-state index in [1.807, 2.05) is 0 Å². The molecule has 0 aliphatic heterocycles. The highest BCUT2D eigenvalue weighted by Gasteiger charge is 2.03. The Morgan fingerprint density at radius 3 is 2.13 bits per heavy atom. The van der Waals surface area contributed by atoms with E-state index >= 15 is 0 Å². The van der Waals surface area contributed by atoms with Crippen LogP contribution in [-0.2, 0) is 9.53 Å². The Kier molecular flexibility index (Phi) is 15.7. The van der Waals surface area contributed by atoms with Gasteiger partial charge in [0.25, 0.3) is 0 Å². The molecular formula is C18H34N2O3. The van der Waals surface area contributed by atoms with E-state index in [1.54, 1.807) is 0 Å². The van der Waals surface area contributed by atoms with Gasteiger partial charge in [0, 0.05) is 7.05 Å². The van der Waals surface area contributed by atoms with E-state index in [1.165, 1.54) is 52.0 Å². The lowest BCUT2D eigenvalue weighted by Crippen LogP contribution is -2.35. The minimum atomic E-state index is -0.522. The van der Waals surface area contributed by atoms with Gasteiger partial charge in [-0.2, -0.15) is 0 Å². The topological polar surface area (TPSA) is 67.4 Å². The second kappa shape index (κ2) is 16.8. The van der Waals surface area contributed by atoms with E-state index in [0.717, 1.165) is 19.3 Å². The van der Waals surface area contributed by atoms with Crippen molar-refractivity contribution in [3.8, 4) is 0 Å². The Morgan fingerprint density at radius 1 is 0.913 bits per heavy atom. The van der Waals surface area contributed by atoms with Gasteiger partial charge in [0.15, 0.2) is 0 Å². The SMILES string of the molecule is CC/C=C\CCCCCCCCCCOC(=O)NCC(=O)NC. The summed E-state index contributed by atoms with van der Waals surface area (Å²) in [7, 11) is 1.53. The number of amides is 2. The van der Waals surface area contributed by atoms with Crippen LogP contribution in [0.5, 0.6) is 0 Å². The summed E-state index contributed by atoms with van der Waals surface area (Å²) >= 11 is 0. The second-order valence-electron chi connectivity index (χ2n) is 5.66. The van der Waals surface area contributed by atoms with Gasteiger partial charge < -0.3 is 15.4 Å². The normalized spacial score (nSPS) is 10.7. The molecule has 0 rings (SSSR count). The summed E-state index contributed by atoms with van der Waals surface area (Å²) in [5.41, 5.74) is 0. The molecule has 0 heterocycles. The number of rotatable bonds is 14. The molecule has 5 nitrogen and oxygen atoms in total. The van der Waals surface area contributed by atoms with Gasteiger partial charge in [0.1, 0.15) is 0 Å². The van der Waals surface area contributed by atoms with Crippen LogP contribution in [0.3, 0.4) is 0 Å². The average molecular weight is 326 g/mol. The van der Waals surface area contributed by atoms with Gasteiger partial charge in [0.05, 0.1) is 13.2 Å². The maximum atomic E-state index is 11.2. The molecule has 0 aliphatic carbocycles. The molecule has 0 aromatic rings. The van der Waals surface area contributed by atoms with Crippen LogP contribution in [0.4, 0.5) is 4.79 Å². The molecule has 134 valence electrons. The summed E-state index contributed by atoms with van der Waals surface area (Å²) in [6.45, 7) is 2.55. The van der Waals surface area contributed by atoms with Crippen LogP contribution >= 0.6 is 0 Å². The summed E-state index contributed by atoms with van der Waals surface area (Å²) in [5, 5.41) is 4.82. The van der Waals surface area contributed by atoms with E-state index in [0.29, 0.717) is 6.61 Å². The van der Waals surface area contributed by atoms with E-state index in [9.17, 15) is 9.59 Å². The molecule has 0 radical (unpaired) electrons. The van der Waals surface area contributed by atoms with Crippen LogP contribution < -0.4 is 10.6 Å². The number of ether oxygens (including phenoxy) is 1. The summed E-state index contributed by atoms with van der Waals surface area (Å²) in [6, 6.07) is 0. The van der Waals surface area contributed by atoms with Crippen molar-refractivity contribution < 1.29 is 14.3 Å². The standard InChI is InChI=1S/C18H34N2O3/c1-3-4-5-6-7-8-9-10-11-12-13-14-15-23-18(22)20-16-17(21)19-2/h4-5H,3,6-16H2,1-2H3,(H,19,21)(H,20,22)/b5-4-. The first-order valence-corrected chi connectivity index (χ1v) is 8.97. The number of nitrogens with one attached hydrogen (secondary N) is 2. The Labute approximate surface area is 141 Å². The molecular weight excluding hydrogens is 292 g/mol. The van der Waals surface area contributed by atoms with Crippen LogP contribution in [0.15, 0.2) is 12.2 Å². The number of unbranched alkanes of at least 4 members (excludes halogenated alkanes) is 8. The molecule has 2 N–H and O–H groups in total. The first-order valence-electron chi connectivity index (χ1n) is 8.97. The molecule has 5 heteroatoms. The zero-order chi connectivity index (χ0) is 17.2. The molecule has 0 aliphatic rings. The van der Waals surface area contributed by atoms with E-state index in [2.05, 4.69) is 29.7 Å². The predicted molar refractivity (Wildman–Crippen MR) is 94.4 cm³/mol. The second-order valence-corrected chi connectivity index (χ2v) is 5.66. The van der Waals surface area contributed by atoms with Crippen molar-refractivity contribution in [3.05, 3.63) is 12.2 Å². The zero-order valence-corrected chi connectivity index (χ0v) is 14.9. The average Bonchev–Trinajstić information content (AvgIpc) is 2.56. The first kappa shape index (κ1) is 21.5. The number of likely N-dealkylation sites (N-methyl/N-ethyl adjacent to an activating group) is 1. The maximum Gasteiger partial charge on any atom is 0.407 e. The van der Waals surface area contributed by atoms with Gasteiger partial charge in [-0.1, -0.05) is 57.6 Å². The third-order valence-corrected chi connectivity index (χ3v) is 3.57. The molecule has 0 saturated heterocycles. The third kappa shape index (κ3) is 16.7. The van der Waals surface area contributed by atoms with Crippen LogP contribution in [0.25, 0.3) is 0 Å². The number of allylic oxidation sites excluding steroid dienone is 2. The minimum Gasteiger partial charge on any atom is -0.450 e. The smallest absolute Gasteiger partial charge is 0.407 e. The Morgan fingerprint density at radius 2 is 1.52 bits per heavy atom. The highest BCUT2D eigenvalue weighted by atomic mass is 16.5. The Balaban J connectivity index is 3.20. The summed E-state index contributed by atoms with van der Waals surface area (Å²) < 4.78 is 4.99. The summed E-state index contributed by atoms with van der Waals surface area (Å²) in [6.07, 6.45) is 16.0. The van der Waals surface area contributed by atoms with Crippen molar-refractivity contribution in [3.63, 3.8) is 0 Å². The van der Waals surface area contributed by atoms with Crippen molar-refractivity contribution in [1.82, 2.24) is 10.6 Å². The molecule has 0 aromatic carbocycles. The first-order chi connectivity index (χ1) is 11.2. The number of alkyl carbamates (subject to hydrolysis) is 1. The molecule has 2 amide bonds. The van der Waals surface area contributed by atoms with Gasteiger partial charge in [-0.15, -0.1) is 0 Å². The van der Waals surface area contributed by atoms with Crippen molar-refractivity contribution in [1.29, 1.82) is 0 Å². The summed E-state index contributed by atoms with van der Waals surface area (Å²) in [4.78, 5) is 22.2. The fourth-order valence-corrected chi connectivity index (χ4v) is 2.17. The van der Waals surface area contributed by atoms with Gasteiger partial charge in [-0.3, -0.25) is 4.79 Å². The summed E-state index contributed by atoms with van der Waals surface area (Å²) in [5.74, 6) is -0.233. The Bertz CT molecular complexity index is 330. The monoisotopic (exact) mass is 326 g/mol. The van der Waals surface area contributed by atoms with Crippen molar-refractivity contribution >= 4 is 12.0 Å². The Hall–Kier alpha value is -1.52. The van der Waals surface area contributed by atoms with Crippen LogP contribution in [0.2, 0.25) is 0 Å². The van der Waals surface area contributed by atoms with Gasteiger partial charge in [-0.05, 0) is 25.7 Å². The van der Waals surface area contributed by atoms with E-state index < -0.39 is 6.09 Å². The molecule has 0 unspecified atom stereocenters. The number of hydrogen-bond donors (Lipinski definition) is 2. The molecule has 0 atom stereocenters. The lowest BCUT2D eigenvalue weighted by Gasteiger charge is -2.06. The molecule has 0 bridgehead atoms. The fourth-order valence-electron chi connectivity index (χ4n) is 2.17. The molecule has 0 spiro atoms. The highest BCUT2D eigenvalue weighted by molar-refractivity contribution is 5.81. The van der Waals surface area contributed by atoms with Crippen LogP contribution in [0.1, 0.15) is 71.1 Å². The fraction of sp³-hybridized carbons (Fsp3) is 0.778. The number of hydrogen-bond acceptors (Lipinski definition) is 3. The largest absolute Gasteiger partial charge is 0.450 e. The third-order valence-electron chi connectivity index (χ3n) is 3.57. The predicted octanol–water partition coefficient (Wildman–Crippen LogP) is 3.94. The van der Waals surface area contributed by atoms with Gasteiger partial charge in [0.2, 0.25) is 5.91 Å². The van der Waals surface area contributed by atoms with Gasteiger partial charge >= 0.3 is 6.09 Å². The van der Waals surface area contributed by atoms with Crippen LogP contribution in [0, 0.1) is 0 Å². The molecule has 0 fully saturated rings. The van der Waals surface area contributed by atoms with E-state index in [4.69, 9.17) is 4.74 Å². The van der Waals surface area contributed by atoms with Crippen molar-refractivity contribution in [2.24, 2.45) is 0 Å². The highest BCUT2D eigenvalue weighted by Crippen LogP contribution is 2.10. The quantitative estimate of drug-likeness (QED) is 0.375. The lowest BCUT2D eigenvalue weighted by molar-refractivity contribution is -0.119. The maximum absolute atomic E-state index is 11.2. The minimum absolute atomic E-state index is 0.0381. The molecule has 23 heavy (non-hydrogen) atoms. The number of carbonyl (C=O) groups excluding carboxylic acids is 2.